The highest BCUT2D eigenvalue weighted by Gasteiger charge is 2.62. The molecule has 0 radical (unpaired) electrons. The van der Waals surface area contributed by atoms with Gasteiger partial charge in [-0.1, -0.05) is 89.2 Å². The third-order valence-corrected chi connectivity index (χ3v) is 13.3. The molecule has 3 aliphatic rings. The van der Waals surface area contributed by atoms with Crippen LogP contribution >= 0.6 is 0 Å². The maximum atomic E-state index is 6.99. The molecule has 0 atom stereocenters. The van der Waals surface area contributed by atoms with Crippen molar-refractivity contribution in [1.29, 1.82) is 0 Å². The van der Waals surface area contributed by atoms with Crippen molar-refractivity contribution in [3.05, 3.63) is 72.8 Å². The molecule has 0 aliphatic carbocycles. The lowest BCUT2D eigenvalue weighted by Gasteiger charge is -2.49. The molecule has 0 saturated carbocycles. The molecule has 0 N–H and O–H groups in total. The molecule has 140 valence electrons. The van der Waals surface area contributed by atoms with Crippen molar-refractivity contribution < 1.29 is 17.4 Å². The summed E-state index contributed by atoms with van der Waals surface area (Å²) in [4.78, 5) is 0. The van der Waals surface area contributed by atoms with Crippen LogP contribution in [0.4, 0.5) is 0 Å². The lowest BCUT2D eigenvalue weighted by atomic mass is 9.36. The average molecular weight is 404 g/mol. The summed E-state index contributed by atoms with van der Waals surface area (Å²) in [5.74, 6) is 0. The molecule has 0 aromatic heterocycles. The molecule has 0 spiro atoms. The van der Waals surface area contributed by atoms with Crippen LogP contribution in [0.3, 0.4) is 0 Å². The minimum atomic E-state index is -3.32. The molecule has 28 heavy (non-hydrogen) atoms. The van der Waals surface area contributed by atoms with E-state index < -0.39 is 17.4 Å². The number of rotatable bonds is 5. The van der Waals surface area contributed by atoms with E-state index in [1.54, 1.807) is 21.3 Å². The van der Waals surface area contributed by atoms with Gasteiger partial charge in [-0.15, -0.1) is 0 Å². The van der Waals surface area contributed by atoms with Gasteiger partial charge in [-0.2, -0.15) is 0 Å². The smallest absolute Gasteiger partial charge is 0.381 e. The Labute approximate surface area is 167 Å². The van der Waals surface area contributed by atoms with Crippen LogP contribution in [0.1, 0.15) is 0 Å². The fourth-order valence-electron chi connectivity index (χ4n) is 4.87. The summed E-state index contributed by atoms with van der Waals surface area (Å²) >= 11 is 0. The summed E-state index contributed by atoms with van der Waals surface area (Å²) in [7, 11) is -1.38. The van der Waals surface area contributed by atoms with Gasteiger partial charge in [0.1, 0.15) is 0 Å². The van der Waals surface area contributed by atoms with Gasteiger partial charge < -0.3 is 17.4 Å². The van der Waals surface area contributed by atoms with Crippen molar-refractivity contribution in [3.8, 4) is 0 Å². The maximum Gasteiger partial charge on any atom is 0.668 e. The molecule has 3 aliphatic heterocycles. The normalized spacial score (nSPS) is 15.8. The van der Waals surface area contributed by atoms with Crippen LogP contribution in [-0.2, 0) is 17.4 Å². The highest BCUT2D eigenvalue weighted by atomic mass is 28.5. The van der Waals surface area contributed by atoms with Gasteiger partial charge in [0.25, 0.3) is 8.32 Å². The van der Waals surface area contributed by atoms with Crippen molar-refractivity contribution >= 4 is 56.0 Å². The van der Waals surface area contributed by atoms with E-state index in [9.17, 15) is 0 Å². The molecule has 3 heterocycles. The number of hydrogen-bond acceptors (Lipinski definition) is 4. The lowest BCUT2D eigenvalue weighted by molar-refractivity contribution is 0.0503. The minimum absolute atomic E-state index is 0.227. The molecule has 0 amide bonds. The Morgan fingerprint density at radius 1 is 0.607 bits per heavy atom. The molecule has 3 aromatic rings. The fraction of sp³-hybridized carbons (Fsp3) is 0.143. The summed E-state index contributed by atoms with van der Waals surface area (Å²) in [6, 6.07) is 25.9. The summed E-state index contributed by atoms with van der Waals surface area (Å²) in [6.07, 6.45) is 0. The Kier molecular flexibility index (Phi) is 4.20. The van der Waals surface area contributed by atoms with Crippen molar-refractivity contribution in [2.24, 2.45) is 0 Å². The number of hydrogen-bond donors (Lipinski definition) is 0. The molecular formula is C21H21BO4Si2. The van der Waals surface area contributed by atoms with Crippen LogP contribution in [-0.4, -0.2) is 45.4 Å². The Morgan fingerprint density at radius 2 is 0.964 bits per heavy atom. The quantitative estimate of drug-likeness (QED) is 0.522. The van der Waals surface area contributed by atoms with Crippen LogP contribution in [0.2, 0.25) is 0 Å². The van der Waals surface area contributed by atoms with Crippen molar-refractivity contribution in [2.45, 2.75) is 0 Å². The van der Waals surface area contributed by atoms with E-state index >= 15 is 0 Å². The minimum Gasteiger partial charge on any atom is -0.381 e. The van der Waals surface area contributed by atoms with E-state index in [-0.39, 0.29) is 6.71 Å². The van der Waals surface area contributed by atoms with E-state index in [0.717, 1.165) is 0 Å². The zero-order chi connectivity index (χ0) is 19.4. The monoisotopic (exact) mass is 404 g/mol. The second-order valence-corrected chi connectivity index (χ2v) is 13.1. The first-order valence-electron chi connectivity index (χ1n) is 9.34. The summed E-state index contributed by atoms with van der Waals surface area (Å²) in [6.45, 7) is 0.227. The Hall–Kier alpha value is -2.00. The van der Waals surface area contributed by atoms with Gasteiger partial charge in [-0.05, 0) is 15.6 Å². The van der Waals surface area contributed by atoms with E-state index in [2.05, 4.69) is 72.8 Å². The van der Waals surface area contributed by atoms with Gasteiger partial charge in [0.15, 0.2) is 0 Å². The highest BCUT2D eigenvalue weighted by molar-refractivity contribution is 7.24. The van der Waals surface area contributed by atoms with Crippen molar-refractivity contribution in [2.75, 3.05) is 21.3 Å². The largest absolute Gasteiger partial charge is 0.668 e. The Bertz CT molecular complexity index is 930. The molecule has 0 unspecified atom stereocenters. The third kappa shape index (κ3) is 2.20. The van der Waals surface area contributed by atoms with Gasteiger partial charge in [-0.25, -0.2) is 0 Å². The van der Waals surface area contributed by atoms with Crippen molar-refractivity contribution in [3.63, 3.8) is 0 Å². The lowest BCUT2D eigenvalue weighted by Crippen LogP contribution is -2.92. The predicted octanol–water partition coefficient (Wildman–Crippen LogP) is -0.812. The second-order valence-electron chi connectivity index (χ2n) is 7.09. The fourth-order valence-corrected chi connectivity index (χ4v) is 13.0. The van der Waals surface area contributed by atoms with Gasteiger partial charge >= 0.3 is 9.05 Å². The van der Waals surface area contributed by atoms with Crippen LogP contribution in [0, 0.1) is 0 Å². The van der Waals surface area contributed by atoms with Gasteiger partial charge in [-0.3, -0.25) is 0 Å². The van der Waals surface area contributed by atoms with Crippen LogP contribution in [0.15, 0.2) is 72.8 Å². The zero-order valence-electron chi connectivity index (χ0n) is 16.1. The molecule has 0 fully saturated rings. The van der Waals surface area contributed by atoms with E-state index in [0.29, 0.717) is 0 Å². The van der Waals surface area contributed by atoms with Crippen molar-refractivity contribution in [1.82, 2.24) is 0 Å². The highest BCUT2D eigenvalue weighted by Crippen LogP contribution is 2.21. The number of benzene rings is 3. The Morgan fingerprint density at radius 3 is 1.32 bits per heavy atom. The van der Waals surface area contributed by atoms with Gasteiger partial charge in [0, 0.05) is 21.3 Å². The summed E-state index contributed by atoms with van der Waals surface area (Å²) < 4.78 is 24.2. The third-order valence-electron chi connectivity index (χ3n) is 5.98. The first kappa shape index (κ1) is 18.1. The molecule has 7 heteroatoms. The van der Waals surface area contributed by atoms with Crippen LogP contribution < -0.4 is 31.9 Å². The van der Waals surface area contributed by atoms with E-state index in [1.807, 2.05) is 0 Å². The van der Waals surface area contributed by atoms with Crippen LogP contribution in [0.5, 0.6) is 0 Å². The summed E-state index contributed by atoms with van der Waals surface area (Å²) in [5.41, 5.74) is 3.95. The maximum absolute atomic E-state index is 6.99. The first-order valence-corrected chi connectivity index (χ1v) is 12.9. The molecule has 3 aromatic carbocycles. The predicted molar refractivity (Wildman–Crippen MR) is 117 cm³/mol. The SMILES string of the molecule is CO[Si](OC)(OC)O[Si]12c3ccccc3B(c3ccccc31)c1ccccc12. The standard InChI is InChI=1S/C21H21BO4Si2/c1-23-28(24-2,25-3)26-27-19-13-7-4-10-16(19)22(17-11-5-8-14-20(17)27)18-12-6-9-15-21(18)27/h4-15H,1-3H3. The van der Waals surface area contributed by atoms with Gasteiger partial charge in [0.05, 0.1) is 0 Å². The molecule has 4 nitrogen and oxygen atoms in total. The second kappa shape index (κ2) is 6.52. The van der Waals surface area contributed by atoms with E-state index in [4.69, 9.17) is 17.4 Å². The molecular weight excluding hydrogens is 383 g/mol. The van der Waals surface area contributed by atoms with E-state index in [1.165, 1.54) is 31.9 Å². The van der Waals surface area contributed by atoms with Crippen LogP contribution in [0.25, 0.3) is 0 Å². The Balaban J connectivity index is 1.89. The summed E-state index contributed by atoms with van der Waals surface area (Å²) in [5, 5.41) is 3.79. The topological polar surface area (TPSA) is 36.9 Å². The molecule has 2 bridgehead atoms. The average Bonchev–Trinajstić information content (AvgIpc) is 2.78. The first-order chi connectivity index (χ1) is 13.7. The molecule has 0 saturated heterocycles. The van der Waals surface area contributed by atoms with Gasteiger partial charge in [0.2, 0.25) is 6.71 Å². The zero-order valence-corrected chi connectivity index (χ0v) is 18.1. The molecule has 6 rings (SSSR count).